The number of ether oxygens (including phenoxy) is 1. The lowest BCUT2D eigenvalue weighted by Gasteiger charge is -2.06. The second kappa shape index (κ2) is 7.49. The van der Waals surface area contributed by atoms with Gasteiger partial charge in [-0.3, -0.25) is 9.59 Å². The zero-order valence-electron chi connectivity index (χ0n) is 13.5. The van der Waals surface area contributed by atoms with Crippen molar-refractivity contribution in [3.8, 4) is 5.75 Å². The molecule has 3 N–H and O–H groups in total. The molecule has 0 saturated carbocycles. The number of carbonyl (C=O) groups excluding carboxylic acids is 2. The van der Waals surface area contributed by atoms with Gasteiger partial charge in [0, 0.05) is 19.2 Å². The number of rotatable bonds is 6. The van der Waals surface area contributed by atoms with Gasteiger partial charge < -0.3 is 20.4 Å². The van der Waals surface area contributed by atoms with Crippen molar-refractivity contribution in [1.82, 2.24) is 15.6 Å². The fourth-order valence-electron chi connectivity index (χ4n) is 2.04. The first-order valence-corrected chi connectivity index (χ1v) is 7.44. The van der Waals surface area contributed by atoms with Crippen molar-refractivity contribution in [1.29, 1.82) is 0 Å². The van der Waals surface area contributed by atoms with Crippen molar-refractivity contribution in [3.05, 3.63) is 53.3 Å². The Balaban J connectivity index is 2.20. The van der Waals surface area contributed by atoms with E-state index in [1.807, 2.05) is 44.2 Å². The van der Waals surface area contributed by atoms with Crippen molar-refractivity contribution < 1.29 is 14.3 Å². The van der Waals surface area contributed by atoms with E-state index in [1.54, 1.807) is 6.07 Å². The molecular formula is C17H21N3O3. The van der Waals surface area contributed by atoms with E-state index in [9.17, 15) is 9.59 Å². The molecule has 6 heteroatoms. The molecular weight excluding hydrogens is 294 g/mol. The molecule has 0 saturated heterocycles. The van der Waals surface area contributed by atoms with Crippen molar-refractivity contribution >= 4 is 11.8 Å². The minimum Gasteiger partial charge on any atom is -0.486 e. The Morgan fingerprint density at radius 1 is 1.17 bits per heavy atom. The highest BCUT2D eigenvalue weighted by molar-refractivity contribution is 5.99. The van der Waals surface area contributed by atoms with Crippen molar-refractivity contribution in [2.24, 2.45) is 0 Å². The summed E-state index contributed by atoms with van der Waals surface area (Å²) in [5.74, 6) is -0.265. The summed E-state index contributed by atoms with van der Waals surface area (Å²) in [4.78, 5) is 26.9. The Morgan fingerprint density at radius 3 is 2.48 bits per heavy atom. The number of aromatic amines is 1. The van der Waals surface area contributed by atoms with Gasteiger partial charge in [-0.05, 0) is 19.4 Å². The first kappa shape index (κ1) is 16.6. The van der Waals surface area contributed by atoms with Crippen LogP contribution in [0.4, 0.5) is 0 Å². The van der Waals surface area contributed by atoms with Crippen LogP contribution in [0.5, 0.6) is 5.75 Å². The molecule has 0 aliphatic heterocycles. The van der Waals surface area contributed by atoms with Crippen LogP contribution in [0.25, 0.3) is 0 Å². The van der Waals surface area contributed by atoms with Gasteiger partial charge in [-0.15, -0.1) is 0 Å². The van der Waals surface area contributed by atoms with E-state index < -0.39 is 0 Å². The number of benzene rings is 1. The predicted molar refractivity (Wildman–Crippen MR) is 87.6 cm³/mol. The summed E-state index contributed by atoms with van der Waals surface area (Å²) in [5.41, 5.74) is 1.50. The van der Waals surface area contributed by atoms with Gasteiger partial charge in [-0.25, -0.2) is 0 Å². The average Bonchev–Trinajstić information content (AvgIpc) is 2.97. The van der Waals surface area contributed by atoms with Crippen molar-refractivity contribution in [2.75, 3.05) is 7.05 Å². The summed E-state index contributed by atoms with van der Waals surface area (Å²) < 4.78 is 5.71. The molecule has 23 heavy (non-hydrogen) atoms. The largest absolute Gasteiger partial charge is 0.486 e. The standard InChI is InChI=1S/C17H21N3O3/c1-11(2)19-16(21)13-9-14(15(20-13)17(22)18-3)23-10-12-7-5-4-6-8-12/h4-9,11,20H,10H2,1-3H3,(H,18,22)(H,19,21). The van der Waals surface area contributed by atoms with Crippen LogP contribution >= 0.6 is 0 Å². The Hall–Kier alpha value is -2.76. The summed E-state index contributed by atoms with van der Waals surface area (Å²) in [6.07, 6.45) is 0. The highest BCUT2D eigenvalue weighted by atomic mass is 16.5. The number of aromatic nitrogens is 1. The number of hydrogen-bond donors (Lipinski definition) is 3. The maximum atomic E-state index is 12.1. The van der Waals surface area contributed by atoms with Crippen LogP contribution < -0.4 is 15.4 Å². The van der Waals surface area contributed by atoms with Gasteiger partial charge in [0.05, 0.1) is 0 Å². The van der Waals surface area contributed by atoms with Gasteiger partial charge in [0.1, 0.15) is 18.0 Å². The topological polar surface area (TPSA) is 83.2 Å². The number of nitrogens with one attached hydrogen (secondary N) is 3. The fourth-order valence-corrected chi connectivity index (χ4v) is 2.04. The fraction of sp³-hybridized carbons (Fsp3) is 0.294. The lowest BCUT2D eigenvalue weighted by Crippen LogP contribution is -2.30. The summed E-state index contributed by atoms with van der Waals surface area (Å²) in [7, 11) is 1.53. The molecule has 0 bridgehead atoms. The zero-order valence-corrected chi connectivity index (χ0v) is 13.5. The lowest BCUT2D eigenvalue weighted by molar-refractivity contribution is 0.0938. The molecule has 1 aromatic heterocycles. The molecule has 2 rings (SSSR count). The molecule has 0 aliphatic carbocycles. The van der Waals surface area contributed by atoms with Gasteiger partial charge in [-0.1, -0.05) is 30.3 Å². The number of hydrogen-bond acceptors (Lipinski definition) is 3. The molecule has 0 fully saturated rings. The Kier molecular flexibility index (Phi) is 5.41. The highest BCUT2D eigenvalue weighted by Crippen LogP contribution is 2.21. The van der Waals surface area contributed by atoms with Crippen LogP contribution in [-0.2, 0) is 6.61 Å². The van der Waals surface area contributed by atoms with E-state index in [0.717, 1.165) is 5.56 Å². The van der Waals surface area contributed by atoms with Crippen LogP contribution in [0, 0.1) is 0 Å². The van der Waals surface area contributed by atoms with E-state index in [0.29, 0.717) is 18.1 Å². The smallest absolute Gasteiger partial charge is 0.271 e. The maximum Gasteiger partial charge on any atom is 0.271 e. The Labute approximate surface area is 135 Å². The predicted octanol–water partition coefficient (Wildman–Crippen LogP) is 2.09. The van der Waals surface area contributed by atoms with Gasteiger partial charge in [0.2, 0.25) is 0 Å². The van der Waals surface area contributed by atoms with E-state index in [1.165, 1.54) is 7.05 Å². The molecule has 1 aromatic carbocycles. The van der Waals surface area contributed by atoms with E-state index in [2.05, 4.69) is 15.6 Å². The van der Waals surface area contributed by atoms with Crippen LogP contribution in [-0.4, -0.2) is 29.9 Å². The molecule has 0 unspecified atom stereocenters. The summed E-state index contributed by atoms with van der Waals surface area (Å²) >= 11 is 0. The molecule has 2 aromatic rings. The normalized spacial score (nSPS) is 10.4. The summed E-state index contributed by atoms with van der Waals surface area (Å²) in [6, 6.07) is 11.2. The number of amides is 2. The van der Waals surface area contributed by atoms with Crippen molar-refractivity contribution in [3.63, 3.8) is 0 Å². The van der Waals surface area contributed by atoms with Gasteiger partial charge in [0.25, 0.3) is 11.8 Å². The second-order valence-electron chi connectivity index (χ2n) is 5.40. The van der Waals surface area contributed by atoms with Gasteiger partial charge in [0.15, 0.2) is 5.75 Å². The number of carbonyl (C=O) groups is 2. The van der Waals surface area contributed by atoms with E-state index in [-0.39, 0.29) is 23.6 Å². The highest BCUT2D eigenvalue weighted by Gasteiger charge is 2.19. The van der Waals surface area contributed by atoms with Crippen molar-refractivity contribution in [2.45, 2.75) is 26.5 Å². The molecule has 0 atom stereocenters. The average molecular weight is 315 g/mol. The molecule has 0 spiro atoms. The lowest BCUT2D eigenvalue weighted by atomic mass is 10.2. The minimum atomic E-state index is -0.336. The quantitative estimate of drug-likeness (QED) is 0.763. The number of H-pyrrole nitrogens is 1. The van der Waals surface area contributed by atoms with Crippen LogP contribution in [0.1, 0.15) is 40.4 Å². The molecule has 0 aliphatic rings. The third-order valence-electron chi connectivity index (χ3n) is 3.14. The Morgan fingerprint density at radius 2 is 1.87 bits per heavy atom. The first-order valence-electron chi connectivity index (χ1n) is 7.44. The molecule has 0 radical (unpaired) electrons. The molecule has 6 nitrogen and oxygen atoms in total. The van der Waals surface area contributed by atoms with Crippen LogP contribution in [0.15, 0.2) is 36.4 Å². The van der Waals surface area contributed by atoms with Crippen LogP contribution in [0.3, 0.4) is 0 Å². The minimum absolute atomic E-state index is 0.00272. The monoisotopic (exact) mass is 315 g/mol. The molecule has 1 heterocycles. The third kappa shape index (κ3) is 4.35. The SMILES string of the molecule is CNC(=O)c1[nH]c(C(=O)NC(C)C)cc1OCc1ccccc1. The first-order chi connectivity index (χ1) is 11.0. The van der Waals surface area contributed by atoms with E-state index >= 15 is 0 Å². The van der Waals surface area contributed by atoms with Gasteiger partial charge in [-0.2, -0.15) is 0 Å². The Bertz CT molecular complexity index is 678. The second-order valence-corrected chi connectivity index (χ2v) is 5.40. The zero-order chi connectivity index (χ0) is 16.8. The summed E-state index contributed by atoms with van der Waals surface area (Å²) in [5, 5.41) is 5.30. The van der Waals surface area contributed by atoms with E-state index in [4.69, 9.17) is 4.74 Å². The third-order valence-corrected chi connectivity index (χ3v) is 3.14. The summed E-state index contributed by atoms with van der Waals surface area (Å²) in [6.45, 7) is 4.05. The van der Waals surface area contributed by atoms with Crippen LogP contribution in [0.2, 0.25) is 0 Å². The molecule has 2 amide bonds. The van der Waals surface area contributed by atoms with Gasteiger partial charge >= 0.3 is 0 Å². The molecule has 122 valence electrons. The maximum absolute atomic E-state index is 12.1.